The number of alkyl halides is 4. The van der Waals surface area contributed by atoms with Crippen molar-refractivity contribution in [3.8, 4) is 0 Å². The third-order valence-electron chi connectivity index (χ3n) is 3.40. The van der Waals surface area contributed by atoms with Crippen molar-refractivity contribution in [2.24, 2.45) is 0 Å². The van der Waals surface area contributed by atoms with Gasteiger partial charge in [0, 0.05) is 0 Å². The van der Waals surface area contributed by atoms with Crippen molar-refractivity contribution in [1.82, 2.24) is 0 Å². The Morgan fingerprint density at radius 2 is 1.54 bits per heavy atom. The SMILES string of the molecule is O=C(COC(=O)C(F)(C(F)(F)F)S(=O)(=O)O)OC1CCCCCC1. The molecule has 7 nitrogen and oxygen atoms in total. The molecule has 24 heavy (non-hydrogen) atoms. The first-order chi connectivity index (χ1) is 10.9. The molecule has 1 unspecified atom stereocenters. The molecule has 0 aromatic carbocycles. The van der Waals surface area contributed by atoms with Gasteiger partial charge in [-0.3, -0.25) is 4.55 Å². The lowest BCUT2D eigenvalue weighted by Crippen LogP contribution is -2.55. The molecule has 0 aromatic rings. The Kier molecular flexibility index (Phi) is 6.56. The van der Waals surface area contributed by atoms with Gasteiger partial charge in [-0.15, -0.1) is 0 Å². The van der Waals surface area contributed by atoms with E-state index in [-0.39, 0.29) is 0 Å². The number of ether oxygens (including phenoxy) is 2. The van der Waals surface area contributed by atoms with E-state index >= 15 is 0 Å². The Labute approximate surface area is 135 Å². The van der Waals surface area contributed by atoms with Gasteiger partial charge in [-0.25, -0.2) is 14.0 Å². The molecule has 0 radical (unpaired) electrons. The maximum Gasteiger partial charge on any atom is 0.451 e. The smallest absolute Gasteiger partial charge is 0.451 e. The number of rotatable bonds is 5. The molecule has 1 aliphatic rings. The molecule has 140 valence electrons. The molecule has 0 spiro atoms. The van der Waals surface area contributed by atoms with Crippen molar-refractivity contribution in [1.29, 1.82) is 0 Å². The van der Waals surface area contributed by atoms with Gasteiger partial charge in [-0.1, -0.05) is 12.8 Å². The molecular formula is C12H16F4O7S. The lowest BCUT2D eigenvalue weighted by Gasteiger charge is -2.22. The topological polar surface area (TPSA) is 107 Å². The van der Waals surface area contributed by atoms with E-state index in [9.17, 15) is 35.6 Å². The Morgan fingerprint density at radius 3 is 1.96 bits per heavy atom. The quantitative estimate of drug-likeness (QED) is 0.336. The average molecular weight is 380 g/mol. The van der Waals surface area contributed by atoms with E-state index in [2.05, 4.69) is 4.74 Å². The number of carbonyl (C=O) groups excluding carboxylic acids is 2. The minimum atomic E-state index is -6.52. The summed E-state index contributed by atoms with van der Waals surface area (Å²) in [4.78, 5) is 22.6. The van der Waals surface area contributed by atoms with Gasteiger partial charge >= 0.3 is 33.2 Å². The van der Waals surface area contributed by atoms with Gasteiger partial charge < -0.3 is 9.47 Å². The van der Waals surface area contributed by atoms with Crippen LogP contribution in [0.2, 0.25) is 0 Å². The van der Waals surface area contributed by atoms with Crippen molar-refractivity contribution in [3.63, 3.8) is 0 Å². The third-order valence-corrected chi connectivity index (χ3v) is 4.51. The molecule has 1 atom stereocenters. The molecule has 1 rings (SSSR count). The lowest BCUT2D eigenvalue weighted by atomic mass is 10.1. The van der Waals surface area contributed by atoms with Crippen LogP contribution in [0, 0.1) is 0 Å². The second kappa shape index (κ2) is 7.64. The molecule has 0 aliphatic heterocycles. The number of halogens is 4. The standard InChI is InChI=1S/C12H16F4O7S/c13-11(12(14,15)16,24(19,20)21)10(18)22-7-9(17)23-8-5-3-1-2-4-6-8/h8H,1-7H2,(H,19,20,21). The molecule has 1 saturated carbocycles. The molecule has 1 fully saturated rings. The summed E-state index contributed by atoms with van der Waals surface area (Å²) in [6.07, 6.45) is -2.30. The zero-order chi connectivity index (χ0) is 18.6. The van der Waals surface area contributed by atoms with Crippen LogP contribution in [0.3, 0.4) is 0 Å². The molecular weight excluding hydrogens is 364 g/mol. The second-order valence-electron chi connectivity index (χ2n) is 5.25. The normalized spacial score (nSPS) is 19.9. The number of carbonyl (C=O) groups is 2. The van der Waals surface area contributed by atoms with E-state index in [0.717, 1.165) is 25.7 Å². The molecule has 12 heteroatoms. The average Bonchev–Trinajstić information content (AvgIpc) is 2.70. The van der Waals surface area contributed by atoms with Crippen molar-refractivity contribution >= 4 is 22.1 Å². The van der Waals surface area contributed by atoms with Gasteiger partial charge in [-0.2, -0.15) is 21.6 Å². The van der Waals surface area contributed by atoms with Gasteiger partial charge in [0.15, 0.2) is 6.61 Å². The van der Waals surface area contributed by atoms with Gasteiger partial charge in [-0.05, 0) is 25.7 Å². The first-order valence-corrected chi connectivity index (χ1v) is 8.43. The Bertz CT molecular complexity index is 566. The van der Waals surface area contributed by atoms with Gasteiger partial charge in [0.2, 0.25) is 0 Å². The maximum atomic E-state index is 13.6. The van der Waals surface area contributed by atoms with Crippen LogP contribution < -0.4 is 0 Å². The summed E-state index contributed by atoms with van der Waals surface area (Å²) in [6.45, 7) is -1.41. The van der Waals surface area contributed by atoms with Crippen LogP contribution in [0.4, 0.5) is 17.6 Å². The molecule has 1 N–H and O–H groups in total. The van der Waals surface area contributed by atoms with Crippen LogP contribution in [0.1, 0.15) is 38.5 Å². The lowest BCUT2D eigenvalue weighted by molar-refractivity contribution is -0.216. The Morgan fingerprint density at radius 1 is 1.04 bits per heavy atom. The monoisotopic (exact) mass is 380 g/mol. The van der Waals surface area contributed by atoms with Gasteiger partial charge in [0.25, 0.3) is 0 Å². The van der Waals surface area contributed by atoms with Crippen LogP contribution in [-0.2, 0) is 29.2 Å². The van der Waals surface area contributed by atoms with Crippen molar-refractivity contribution < 1.29 is 49.6 Å². The predicted molar refractivity (Wildman–Crippen MR) is 70.0 cm³/mol. The maximum absolute atomic E-state index is 13.6. The van der Waals surface area contributed by atoms with E-state index in [0.29, 0.717) is 12.8 Å². The van der Waals surface area contributed by atoms with Crippen molar-refractivity contribution in [2.75, 3.05) is 6.61 Å². The largest absolute Gasteiger partial charge is 0.460 e. The van der Waals surface area contributed by atoms with E-state index in [1.54, 1.807) is 0 Å². The molecule has 0 aromatic heterocycles. The fraction of sp³-hybridized carbons (Fsp3) is 0.833. The molecule has 0 amide bonds. The Balaban J connectivity index is 2.67. The highest BCUT2D eigenvalue weighted by molar-refractivity contribution is 7.88. The predicted octanol–water partition coefficient (Wildman–Crippen LogP) is 1.91. The van der Waals surface area contributed by atoms with E-state index in [1.165, 1.54) is 0 Å². The summed E-state index contributed by atoms with van der Waals surface area (Å²) in [5.41, 5.74) is 0. The van der Waals surface area contributed by atoms with Gasteiger partial charge in [0.05, 0.1) is 0 Å². The van der Waals surface area contributed by atoms with Crippen LogP contribution in [0.5, 0.6) is 0 Å². The minimum Gasteiger partial charge on any atom is -0.460 e. The highest BCUT2D eigenvalue weighted by atomic mass is 32.2. The minimum absolute atomic E-state index is 0.502. The summed E-state index contributed by atoms with van der Waals surface area (Å²) in [5, 5.41) is -5.68. The zero-order valence-electron chi connectivity index (χ0n) is 12.3. The van der Waals surface area contributed by atoms with Crippen LogP contribution in [0.25, 0.3) is 0 Å². The zero-order valence-corrected chi connectivity index (χ0v) is 13.2. The highest BCUT2D eigenvalue weighted by Gasteiger charge is 2.72. The van der Waals surface area contributed by atoms with Crippen molar-refractivity contribution in [3.05, 3.63) is 0 Å². The van der Waals surface area contributed by atoms with Crippen LogP contribution >= 0.6 is 0 Å². The van der Waals surface area contributed by atoms with E-state index in [4.69, 9.17) is 9.29 Å². The third kappa shape index (κ3) is 4.79. The van der Waals surface area contributed by atoms with Crippen LogP contribution in [-0.4, -0.2) is 48.8 Å². The molecule has 0 saturated heterocycles. The molecule has 0 heterocycles. The summed E-state index contributed by atoms with van der Waals surface area (Å²) < 4.78 is 89.1. The summed E-state index contributed by atoms with van der Waals surface area (Å²) in [7, 11) is -6.52. The van der Waals surface area contributed by atoms with E-state index in [1.807, 2.05) is 0 Å². The Hall–Kier alpha value is -1.43. The first kappa shape index (κ1) is 20.6. The molecule has 0 bridgehead atoms. The summed E-state index contributed by atoms with van der Waals surface area (Å²) >= 11 is 0. The molecule has 1 aliphatic carbocycles. The first-order valence-electron chi connectivity index (χ1n) is 6.99. The number of hydrogen-bond donors (Lipinski definition) is 1. The van der Waals surface area contributed by atoms with Gasteiger partial charge in [0.1, 0.15) is 6.10 Å². The summed E-state index contributed by atoms with van der Waals surface area (Å²) in [5.74, 6) is -4.20. The highest BCUT2D eigenvalue weighted by Crippen LogP contribution is 2.39. The number of esters is 2. The van der Waals surface area contributed by atoms with E-state index < -0.39 is 45.9 Å². The fourth-order valence-corrected chi connectivity index (χ4v) is 2.73. The fourth-order valence-electron chi connectivity index (χ4n) is 2.16. The summed E-state index contributed by atoms with van der Waals surface area (Å²) in [6, 6.07) is 0. The van der Waals surface area contributed by atoms with Crippen LogP contribution in [0.15, 0.2) is 0 Å². The second-order valence-corrected chi connectivity index (χ2v) is 6.76. The number of hydrogen-bond acceptors (Lipinski definition) is 6. The van der Waals surface area contributed by atoms with Crippen molar-refractivity contribution in [2.45, 2.75) is 55.8 Å².